The molecule has 1 heterocycles. The van der Waals surface area contributed by atoms with Crippen LogP contribution in [0.15, 0.2) is 28.7 Å². The molecule has 2 unspecified atom stereocenters. The van der Waals surface area contributed by atoms with Crippen molar-refractivity contribution in [2.45, 2.75) is 31.3 Å². The van der Waals surface area contributed by atoms with Crippen LogP contribution in [0.5, 0.6) is 0 Å². The zero-order valence-electron chi connectivity index (χ0n) is 10.9. The van der Waals surface area contributed by atoms with E-state index in [1.807, 2.05) is 0 Å². The van der Waals surface area contributed by atoms with E-state index in [9.17, 15) is 0 Å². The van der Waals surface area contributed by atoms with E-state index >= 15 is 0 Å². The third-order valence-corrected chi connectivity index (χ3v) is 4.76. The van der Waals surface area contributed by atoms with Crippen LogP contribution in [0.3, 0.4) is 0 Å². The van der Waals surface area contributed by atoms with E-state index in [-0.39, 0.29) is 0 Å². The molecule has 18 heavy (non-hydrogen) atoms. The number of hydrogen-bond acceptors (Lipinski definition) is 2. The molecule has 0 spiro atoms. The SMILES string of the molecule is CN1CCC(CNC2CC2)C1c1ccc(Br)cc1. The van der Waals surface area contributed by atoms with Gasteiger partial charge in [0.15, 0.2) is 0 Å². The summed E-state index contributed by atoms with van der Waals surface area (Å²) in [5.74, 6) is 0.761. The van der Waals surface area contributed by atoms with Crippen molar-refractivity contribution in [3.63, 3.8) is 0 Å². The summed E-state index contributed by atoms with van der Waals surface area (Å²) in [6, 6.07) is 10.3. The number of benzene rings is 1. The van der Waals surface area contributed by atoms with Gasteiger partial charge in [-0.25, -0.2) is 0 Å². The van der Waals surface area contributed by atoms with E-state index in [1.54, 1.807) is 0 Å². The number of rotatable bonds is 4. The predicted molar refractivity (Wildman–Crippen MR) is 78.6 cm³/mol. The van der Waals surface area contributed by atoms with Gasteiger partial charge in [-0.05, 0) is 56.5 Å². The fraction of sp³-hybridized carbons (Fsp3) is 0.600. The van der Waals surface area contributed by atoms with Crippen molar-refractivity contribution < 1.29 is 0 Å². The highest BCUT2D eigenvalue weighted by atomic mass is 79.9. The predicted octanol–water partition coefficient (Wildman–Crippen LogP) is 3.19. The minimum atomic E-state index is 0.587. The van der Waals surface area contributed by atoms with Crippen LogP contribution in [0.25, 0.3) is 0 Å². The van der Waals surface area contributed by atoms with Gasteiger partial charge in [-0.15, -0.1) is 0 Å². The lowest BCUT2D eigenvalue weighted by atomic mass is 9.93. The summed E-state index contributed by atoms with van der Waals surface area (Å²) in [5.41, 5.74) is 1.46. The normalized spacial score (nSPS) is 28.8. The molecule has 0 aromatic heterocycles. The summed E-state index contributed by atoms with van der Waals surface area (Å²) in [7, 11) is 2.25. The van der Waals surface area contributed by atoms with Crippen LogP contribution in [0.4, 0.5) is 0 Å². The Morgan fingerprint density at radius 1 is 1.22 bits per heavy atom. The van der Waals surface area contributed by atoms with Gasteiger partial charge in [-0.3, -0.25) is 4.90 Å². The highest BCUT2D eigenvalue weighted by molar-refractivity contribution is 9.10. The summed E-state index contributed by atoms with van der Waals surface area (Å²) >= 11 is 3.52. The Hall–Kier alpha value is -0.380. The van der Waals surface area contributed by atoms with E-state index in [2.05, 4.69) is 57.5 Å². The van der Waals surface area contributed by atoms with Gasteiger partial charge in [-0.2, -0.15) is 0 Å². The number of hydrogen-bond donors (Lipinski definition) is 1. The van der Waals surface area contributed by atoms with Crippen LogP contribution in [-0.4, -0.2) is 31.1 Å². The second-order valence-corrected chi connectivity index (χ2v) is 6.62. The average Bonchev–Trinajstić information content (AvgIpc) is 3.12. The van der Waals surface area contributed by atoms with Crippen LogP contribution in [0, 0.1) is 5.92 Å². The molecule has 1 aromatic rings. The maximum absolute atomic E-state index is 3.69. The zero-order chi connectivity index (χ0) is 12.5. The van der Waals surface area contributed by atoms with Crippen molar-refractivity contribution in [1.82, 2.24) is 10.2 Å². The Balaban J connectivity index is 1.71. The fourth-order valence-corrected chi connectivity index (χ4v) is 3.30. The van der Waals surface area contributed by atoms with Crippen LogP contribution in [-0.2, 0) is 0 Å². The molecular weight excluding hydrogens is 288 g/mol. The Morgan fingerprint density at radius 2 is 1.94 bits per heavy atom. The topological polar surface area (TPSA) is 15.3 Å². The molecule has 2 nitrogen and oxygen atoms in total. The van der Waals surface area contributed by atoms with Crippen LogP contribution in [0.2, 0.25) is 0 Å². The standard InChI is InChI=1S/C15H21BrN2/c1-18-9-8-12(10-17-14-6-7-14)15(18)11-2-4-13(16)5-3-11/h2-5,12,14-15,17H,6-10H2,1H3. The van der Waals surface area contributed by atoms with Gasteiger partial charge in [0, 0.05) is 23.1 Å². The molecule has 0 bridgehead atoms. The molecule has 2 fully saturated rings. The highest BCUT2D eigenvalue weighted by Gasteiger charge is 2.33. The lowest BCUT2D eigenvalue weighted by Gasteiger charge is -2.26. The minimum absolute atomic E-state index is 0.587. The quantitative estimate of drug-likeness (QED) is 0.919. The van der Waals surface area contributed by atoms with Crippen molar-refractivity contribution >= 4 is 15.9 Å². The first-order chi connectivity index (χ1) is 8.74. The zero-order valence-corrected chi connectivity index (χ0v) is 12.5. The van der Waals surface area contributed by atoms with Crippen molar-refractivity contribution in [1.29, 1.82) is 0 Å². The highest BCUT2D eigenvalue weighted by Crippen LogP contribution is 2.36. The molecule has 1 saturated heterocycles. The molecule has 0 amide bonds. The minimum Gasteiger partial charge on any atom is -0.314 e. The Bertz CT molecular complexity index is 399. The molecular formula is C15H21BrN2. The summed E-state index contributed by atoms with van der Waals surface area (Å²) in [6.07, 6.45) is 4.08. The van der Waals surface area contributed by atoms with Gasteiger partial charge in [-0.1, -0.05) is 28.1 Å². The van der Waals surface area contributed by atoms with Gasteiger partial charge >= 0.3 is 0 Å². The second-order valence-electron chi connectivity index (χ2n) is 5.71. The van der Waals surface area contributed by atoms with Crippen LogP contribution < -0.4 is 5.32 Å². The van der Waals surface area contributed by atoms with Crippen molar-refractivity contribution in [3.05, 3.63) is 34.3 Å². The summed E-state index contributed by atoms with van der Waals surface area (Å²) in [4.78, 5) is 2.50. The molecule has 1 aliphatic heterocycles. The van der Waals surface area contributed by atoms with Gasteiger partial charge in [0.05, 0.1) is 0 Å². The molecule has 0 radical (unpaired) electrons. The second kappa shape index (κ2) is 5.32. The Labute approximate surface area is 118 Å². The molecule has 1 aliphatic carbocycles. The number of nitrogens with one attached hydrogen (secondary N) is 1. The summed E-state index contributed by atoms with van der Waals surface area (Å²) < 4.78 is 1.17. The monoisotopic (exact) mass is 308 g/mol. The molecule has 2 atom stereocenters. The maximum Gasteiger partial charge on any atom is 0.0385 e. The first-order valence-corrected chi connectivity index (χ1v) is 7.72. The van der Waals surface area contributed by atoms with Crippen LogP contribution >= 0.6 is 15.9 Å². The molecule has 1 N–H and O–H groups in total. The third kappa shape index (κ3) is 2.79. The Kier molecular flexibility index (Phi) is 3.73. The number of nitrogens with zero attached hydrogens (tertiary/aromatic N) is 1. The molecule has 3 heteroatoms. The lowest BCUT2D eigenvalue weighted by molar-refractivity contribution is 0.272. The maximum atomic E-state index is 3.69. The van der Waals surface area contributed by atoms with Gasteiger partial charge in [0.1, 0.15) is 0 Å². The smallest absolute Gasteiger partial charge is 0.0385 e. The van der Waals surface area contributed by atoms with Crippen molar-refractivity contribution in [2.75, 3.05) is 20.1 Å². The largest absolute Gasteiger partial charge is 0.314 e. The van der Waals surface area contributed by atoms with Gasteiger partial charge in [0.2, 0.25) is 0 Å². The van der Waals surface area contributed by atoms with Crippen molar-refractivity contribution in [3.8, 4) is 0 Å². The van der Waals surface area contributed by atoms with E-state index in [4.69, 9.17) is 0 Å². The molecule has 1 saturated carbocycles. The number of likely N-dealkylation sites (tertiary alicyclic amines) is 1. The Morgan fingerprint density at radius 3 is 2.61 bits per heavy atom. The lowest BCUT2D eigenvalue weighted by Crippen LogP contribution is -2.29. The van der Waals surface area contributed by atoms with Crippen molar-refractivity contribution in [2.24, 2.45) is 5.92 Å². The van der Waals surface area contributed by atoms with E-state index < -0.39 is 0 Å². The van der Waals surface area contributed by atoms with E-state index in [1.165, 1.54) is 42.4 Å². The molecule has 98 valence electrons. The summed E-state index contributed by atoms with van der Waals surface area (Å²) in [5, 5.41) is 3.69. The van der Waals surface area contributed by atoms with Crippen LogP contribution in [0.1, 0.15) is 30.9 Å². The van der Waals surface area contributed by atoms with Gasteiger partial charge in [0.25, 0.3) is 0 Å². The van der Waals surface area contributed by atoms with Gasteiger partial charge < -0.3 is 5.32 Å². The van der Waals surface area contributed by atoms with E-state index in [0.717, 1.165) is 12.0 Å². The first-order valence-electron chi connectivity index (χ1n) is 6.93. The molecule has 1 aromatic carbocycles. The van der Waals surface area contributed by atoms with E-state index in [0.29, 0.717) is 6.04 Å². The number of halogens is 1. The third-order valence-electron chi connectivity index (χ3n) is 4.23. The molecule has 3 rings (SSSR count). The summed E-state index contributed by atoms with van der Waals surface area (Å²) in [6.45, 7) is 2.40. The average molecular weight is 309 g/mol. The molecule has 2 aliphatic rings. The first kappa shape index (κ1) is 12.6. The fourth-order valence-electron chi connectivity index (χ4n) is 3.03.